The molecule has 0 fully saturated rings. The van der Waals surface area contributed by atoms with Crippen LogP contribution in [-0.4, -0.2) is 24.5 Å². The minimum Gasteiger partial charge on any atom is -0.492 e. The second-order valence-electron chi connectivity index (χ2n) is 6.19. The van der Waals surface area contributed by atoms with Gasteiger partial charge in [0.15, 0.2) is 6.17 Å². The summed E-state index contributed by atoms with van der Waals surface area (Å²) in [5.41, 5.74) is 2.22. The summed E-state index contributed by atoms with van der Waals surface area (Å²) in [6.07, 6.45) is -0.932. The van der Waals surface area contributed by atoms with Gasteiger partial charge in [-0.25, -0.2) is 0 Å². The molecule has 0 spiro atoms. The largest absolute Gasteiger partial charge is 0.492 e. The highest BCUT2D eigenvalue weighted by Gasteiger charge is 2.24. The van der Waals surface area contributed by atoms with E-state index in [-0.39, 0.29) is 11.7 Å². The van der Waals surface area contributed by atoms with E-state index in [2.05, 4.69) is 10.6 Å². The lowest BCUT2D eigenvalue weighted by atomic mass is 10.1. The Balaban J connectivity index is 1.88. The molecule has 0 saturated heterocycles. The van der Waals surface area contributed by atoms with Gasteiger partial charge in [-0.15, -0.1) is 11.3 Å². The summed E-state index contributed by atoms with van der Waals surface area (Å²) in [5.74, 6) is 0.0927. The van der Waals surface area contributed by atoms with Crippen LogP contribution in [0.25, 0.3) is 0 Å². The molecule has 28 heavy (non-hydrogen) atoms. The molecule has 1 aromatic heterocycles. The average Bonchev–Trinajstić information content (AvgIpc) is 3.24. The van der Waals surface area contributed by atoms with Crippen LogP contribution in [0.1, 0.15) is 32.5 Å². The van der Waals surface area contributed by atoms with Crippen molar-refractivity contribution < 1.29 is 14.3 Å². The van der Waals surface area contributed by atoms with Gasteiger partial charge < -0.3 is 15.4 Å². The molecule has 5 nitrogen and oxygen atoms in total. The fourth-order valence-electron chi connectivity index (χ4n) is 2.68. The van der Waals surface area contributed by atoms with Crippen molar-refractivity contribution in [1.29, 1.82) is 0 Å². The summed E-state index contributed by atoms with van der Waals surface area (Å²) < 4.78 is 5.63. The van der Waals surface area contributed by atoms with E-state index in [0.29, 0.717) is 28.5 Å². The number of aryl methyl sites for hydroxylation is 1. The highest BCUT2D eigenvalue weighted by molar-refractivity contribution is 7.12. The Morgan fingerprint density at radius 2 is 1.79 bits per heavy atom. The summed E-state index contributed by atoms with van der Waals surface area (Å²) >= 11 is 1.32. The van der Waals surface area contributed by atoms with Gasteiger partial charge in [0.05, 0.1) is 17.2 Å². The molecule has 0 radical (unpaired) electrons. The number of Topliss-reactive ketones (excluding diaryl/α,β-unsaturated/α-hetero) is 1. The molecule has 1 amide bonds. The predicted octanol–water partition coefficient (Wildman–Crippen LogP) is 4.51. The normalized spacial score (nSPS) is 11.5. The number of anilines is 1. The van der Waals surface area contributed by atoms with Gasteiger partial charge in [0.25, 0.3) is 5.91 Å². The molecule has 0 bridgehead atoms. The monoisotopic (exact) mass is 394 g/mol. The van der Waals surface area contributed by atoms with Crippen molar-refractivity contribution in [3.8, 4) is 5.75 Å². The highest BCUT2D eigenvalue weighted by Crippen LogP contribution is 2.25. The standard InChI is InChI=1S/C22H22N2O3S/c1-3-27-18-8-5-4-7-17(18)23-21(24-22(26)19-9-6-14-28-19)20(25)16-12-10-15(2)11-13-16/h4-14,21,23H,3H2,1-2H3,(H,24,26)/t21-/m1/s1. The topological polar surface area (TPSA) is 67.4 Å². The van der Waals surface area contributed by atoms with Crippen molar-refractivity contribution in [1.82, 2.24) is 5.32 Å². The van der Waals surface area contributed by atoms with Crippen LogP contribution in [0, 0.1) is 6.92 Å². The summed E-state index contributed by atoms with van der Waals surface area (Å²) in [6, 6.07) is 18.1. The summed E-state index contributed by atoms with van der Waals surface area (Å²) in [6.45, 7) is 4.35. The maximum absolute atomic E-state index is 13.1. The number of hydrogen-bond donors (Lipinski definition) is 2. The van der Waals surface area contributed by atoms with Crippen LogP contribution in [0.4, 0.5) is 5.69 Å². The smallest absolute Gasteiger partial charge is 0.263 e. The third-order valence-corrected chi connectivity index (χ3v) is 4.97. The zero-order valence-electron chi connectivity index (χ0n) is 15.8. The fraction of sp³-hybridized carbons (Fsp3) is 0.182. The Morgan fingerprint density at radius 3 is 2.46 bits per heavy atom. The van der Waals surface area contributed by atoms with Crippen molar-refractivity contribution in [3.05, 3.63) is 82.0 Å². The molecule has 2 aromatic carbocycles. The van der Waals surface area contributed by atoms with E-state index in [1.807, 2.05) is 55.6 Å². The van der Waals surface area contributed by atoms with Crippen LogP contribution in [0.3, 0.4) is 0 Å². The van der Waals surface area contributed by atoms with E-state index < -0.39 is 6.17 Å². The molecule has 1 atom stereocenters. The Hall–Kier alpha value is -3.12. The van der Waals surface area contributed by atoms with Crippen molar-refractivity contribution >= 4 is 28.7 Å². The first-order valence-corrected chi connectivity index (χ1v) is 9.90. The van der Waals surface area contributed by atoms with Gasteiger partial charge in [-0.2, -0.15) is 0 Å². The van der Waals surface area contributed by atoms with E-state index in [9.17, 15) is 9.59 Å². The van der Waals surface area contributed by atoms with Crippen LogP contribution in [-0.2, 0) is 0 Å². The Bertz CT molecular complexity index is 937. The number of amides is 1. The maximum Gasteiger partial charge on any atom is 0.263 e. The van der Waals surface area contributed by atoms with Gasteiger partial charge in [-0.05, 0) is 37.4 Å². The first-order valence-electron chi connectivity index (χ1n) is 9.02. The number of carbonyl (C=O) groups is 2. The van der Waals surface area contributed by atoms with E-state index in [1.54, 1.807) is 24.3 Å². The van der Waals surface area contributed by atoms with Gasteiger partial charge in [0.1, 0.15) is 5.75 Å². The second-order valence-corrected chi connectivity index (χ2v) is 7.14. The van der Waals surface area contributed by atoms with Crippen molar-refractivity contribution in [3.63, 3.8) is 0 Å². The highest BCUT2D eigenvalue weighted by atomic mass is 32.1. The molecule has 144 valence electrons. The molecule has 2 N–H and O–H groups in total. The van der Waals surface area contributed by atoms with Gasteiger partial charge >= 0.3 is 0 Å². The Labute approximate surface area is 168 Å². The van der Waals surface area contributed by atoms with E-state index >= 15 is 0 Å². The number of rotatable bonds is 8. The summed E-state index contributed by atoms with van der Waals surface area (Å²) in [4.78, 5) is 26.2. The maximum atomic E-state index is 13.1. The molecule has 0 aliphatic carbocycles. The van der Waals surface area contributed by atoms with Crippen LogP contribution < -0.4 is 15.4 Å². The average molecular weight is 394 g/mol. The van der Waals surface area contributed by atoms with Crippen LogP contribution >= 0.6 is 11.3 Å². The molecular formula is C22H22N2O3S. The molecule has 0 unspecified atom stereocenters. The number of ether oxygens (including phenoxy) is 1. The number of hydrogen-bond acceptors (Lipinski definition) is 5. The molecule has 0 aliphatic heterocycles. The Morgan fingerprint density at radius 1 is 1.04 bits per heavy atom. The van der Waals surface area contributed by atoms with Crippen molar-refractivity contribution in [2.24, 2.45) is 0 Å². The van der Waals surface area contributed by atoms with Gasteiger partial charge in [0.2, 0.25) is 5.78 Å². The summed E-state index contributed by atoms with van der Waals surface area (Å²) in [7, 11) is 0. The zero-order valence-corrected chi connectivity index (χ0v) is 16.6. The van der Waals surface area contributed by atoms with E-state index in [1.165, 1.54) is 11.3 Å². The lowest BCUT2D eigenvalue weighted by Crippen LogP contribution is -2.46. The molecule has 3 rings (SSSR count). The number of para-hydroxylation sites is 2. The Kier molecular flexibility index (Phi) is 6.45. The minimum absolute atomic E-state index is 0.226. The number of benzene rings is 2. The van der Waals surface area contributed by atoms with Crippen LogP contribution in [0.5, 0.6) is 5.75 Å². The third kappa shape index (κ3) is 4.78. The number of nitrogens with one attached hydrogen (secondary N) is 2. The number of thiophene rings is 1. The van der Waals surface area contributed by atoms with Crippen LogP contribution in [0.2, 0.25) is 0 Å². The van der Waals surface area contributed by atoms with Gasteiger partial charge in [-0.3, -0.25) is 9.59 Å². The first kappa shape index (κ1) is 19.6. The molecule has 1 heterocycles. The van der Waals surface area contributed by atoms with Crippen molar-refractivity contribution in [2.75, 3.05) is 11.9 Å². The predicted molar refractivity (Wildman–Crippen MR) is 112 cm³/mol. The molecular weight excluding hydrogens is 372 g/mol. The molecule has 6 heteroatoms. The SMILES string of the molecule is CCOc1ccccc1N[C@H](NC(=O)c1cccs1)C(=O)c1ccc(C)cc1. The quantitative estimate of drug-likeness (QED) is 0.436. The fourth-order valence-corrected chi connectivity index (χ4v) is 3.31. The summed E-state index contributed by atoms with van der Waals surface area (Å²) in [5, 5.41) is 7.76. The lowest BCUT2D eigenvalue weighted by molar-refractivity contribution is 0.0871. The van der Waals surface area contributed by atoms with Crippen LogP contribution in [0.15, 0.2) is 66.0 Å². The lowest BCUT2D eigenvalue weighted by Gasteiger charge is -2.22. The number of carbonyl (C=O) groups excluding carboxylic acids is 2. The second kappa shape index (κ2) is 9.19. The van der Waals surface area contributed by atoms with E-state index in [0.717, 1.165) is 5.56 Å². The van der Waals surface area contributed by atoms with Gasteiger partial charge in [0, 0.05) is 5.56 Å². The molecule has 3 aromatic rings. The molecule has 0 aliphatic rings. The van der Waals surface area contributed by atoms with Gasteiger partial charge in [-0.1, -0.05) is 48.0 Å². The number of ketones is 1. The zero-order chi connectivity index (χ0) is 19.9. The minimum atomic E-state index is -0.932. The van der Waals surface area contributed by atoms with Crippen molar-refractivity contribution in [2.45, 2.75) is 20.0 Å². The third-order valence-electron chi connectivity index (χ3n) is 4.11. The first-order chi connectivity index (χ1) is 13.6. The van der Waals surface area contributed by atoms with E-state index in [4.69, 9.17) is 4.74 Å². The molecule has 0 saturated carbocycles.